The van der Waals surface area contributed by atoms with E-state index in [0.717, 1.165) is 24.3 Å². The van der Waals surface area contributed by atoms with Crippen molar-refractivity contribution in [2.24, 2.45) is 20.5 Å². The average molecular weight is 734 g/mol. The molecule has 49 heavy (non-hydrogen) atoms. The standard InChI is InChI=1S/C30H31N5O11S3/c1-5-47(39,40)18-7-10-21(27(13-18)49(43,44)45)32-35-29-19-8-12-23(30(38)20(19)9-11-22(29)31-16-17(3)36)33-34-24-14-26(46-4)28(15-25(24)37)48(41,42)6-2/h7-15,31,37-38H,5-6,16H2,1-4H3,(H,43,44,45). The Bertz CT molecular complexity index is 2360. The number of ether oxygens (including phenoxy) is 1. The number of hydrogen-bond acceptors (Lipinski definition) is 15. The Kier molecular flexibility index (Phi) is 10.7. The minimum atomic E-state index is -4.96. The van der Waals surface area contributed by atoms with E-state index in [0.29, 0.717) is 0 Å². The fraction of sp³-hybridized carbons (Fsp3) is 0.233. The number of phenols is 2. The summed E-state index contributed by atoms with van der Waals surface area (Å²) in [5, 5.41) is 41.0. The molecule has 0 unspecified atom stereocenters. The maximum atomic E-state index is 12.4. The van der Waals surface area contributed by atoms with Gasteiger partial charge in [0.2, 0.25) is 0 Å². The fourth-order valence-electron chi connectivity index (χ4n) is 4.45. The SMILES string of the molecule is CCS(=O)(=O)c1ccc(N=Nc2c(NCC(C)=O)ccc3c(O)c(N=Nc4cc(OC)c(S(=O)(=O)CC)cc4O)ccc23)c(S(=O)(=O)O)c1. The molecule has 0 bridgehead atoms. The number of rotatable bonds is 13. The number of ketones is 1. The summed E-state index contributed by atoms with van der Waals surface area (Å²) >= 11 is 0. The van der Waals surface area contributed by atoms with E-state index in [1.54, 1.807) is 0 Å². The van der Waals surface area contributed by atoms with Gasteiger partial charge in [-0.15, -0.1) is 20.5 Å². The van der Waals surface area contributed by atoms with Crippen molar-refractivity contribution in [3.8, 4) is 17.2 Å². The van der Waals surface area contributed by atoms with Gasteiger partial charge in [0.15, 0.2) is 25.4 Å². The number of nitrogens with one attached hydrogen (secondary N) is 1. The lowest BCUT2D eigenvalue weighted by Gasteiger charge is -2.12. The third-order valence-corrected chi connectivity index (χ3v) is 11.5. The van der Waals surface area contributed by atoms with Crippen molar-refractivity contribution in [3.05, 3.63) is 54.6 Å². The summed E-state index contributed by atoms with van der Waals surface area (Å²) in [5.41, 5.74) is -0.353. The molecule has 0 saturated heterocycles. The molecule has 4 aromatic carbocycles. The van der Waals surface area contributed by atoms with Crippen molar-refractivity contribution in [1.29, 1.82) is 0 Å². The summed E-state index contributed by atoms with van der Waals surface area (Å²) in [6, 6.07) is 10.9. The lowest BCUT2D eigenvalue weighted by atomic mass is 10.1. The molecule has 16 nitrogen and oxygen atoms in total. The van der Waals surface area contributed by atoms with Crippen LogP contribution in [-0.4, -0.2) is 71.0 Å². The van der Waals surface area contributed by atoms with Gasteiger partial charge in [-0.05, 0) is 49.4 Å². The highest BCUT2D eigenvalue weighted by molar-refractivity contribution is 7.91. The van der Waals surface area contributed by atoms with Gasteiger partial charge in [-0.3, -0.25) is 9.35 Å². The zero-order valence-corrected chi connectivity index (χ0v) is 28.9. The third kappa shape index (κ3) is 8.02. The van der Waals surface area contributed by atoms with Crippen molar-refractivity contribution in [2.75, 3.05) is 30.5 Å². The Morgan fingerprint density at radius 2 is 1.37 bits per heavy atom. The van der Waals surface area contributed by atoms with Gasteiger partial charge in [0.05, 0.1) is 35.7 Å². The van der Waals surface area contributed by atoms with Crippen LogP contribution in [0.2, 0.25) is 0 Å². The molecular formula is C30H31N5O11S3. The molecule has 0 spiro atoms. The minimum Gasteiger partial charge on any atom is -0.506 e. The summed E-state index contributed by atoms with van der Waals surface area (Å²) < 4.78 is 88.8. The summed E-state index contributed by atoms with van der Waals surface area (Å²) in [6.45, 7) is 4.02. The molecule has 0 aliphatic carbocycles. The molecule has 0 radical (unpaired) electrons. The maximum absolute atomic E-state index is 12.4. The number of phenolic OH excluding ortho intramolecular Hbond substituents is 2. The third-order valence-electron chi connectivity index (χ3n) is 7.10. The normalized spacial score (nSPS) is 12.6. The minimum absolute atomic E-state index is 0.0270. The van der Waals surface area contributed by atoms with Gasteiger partial charge in [0.1, 0.15) is 49.8 Å². The number of sulfone groups is 2. The zero-order chi connectivity index (χ0) is 36.3. The number of hydrogen-bond donors (Lipinski definition) is 4. The number of benzene rings is 4. The van der Waals surface area contributed by atoms with Crippen LogP contribution >= 0.6 is 0 Å². The number of anilines is 1. The van der Waals surface area contributed by atoms with E-state index < -0.39 is 51.9 Å². The molecule has 0 aromatic heterocycles. The van der Waals surface area contributed by atoms with E-state index >= 15 is 0 Å². The Hall–Kier alpha value is -4.98. The van der Waals surface area contributed by atoms with E-state index in [-0.39, 0.29) is 72.9 Å². The van der Waals surface area contributed by atoms with Crippen molar-refractivity contribution >= 4 is 74.8 Å². The van der Waals surface area contributed by atoms with Crippen molar-refractivity contribution in [2.45, 2.75) is 35.5 Å². The van der Waals surface area contributed by atoms with Crippen LogP contribution < -0.4 is 10.1 Å². The number of methoxy groups -OCH3 is 1. The van der Waals surface area contributed by atoms with E-state index in [1.807, 2.05) is 0 Å². The first-order valence-electron chi connectivity index (χ1n) is 14.3. The smallest absolute Gasteiger partial charge is 0.296 e. The molecule has 0 saturated carbocycles. The molecule has 0 atom stereocenters. The highest BCUT2D eigenvalue weighted by atomic mass is 32.2. The summed E-state index contributed by atoms with van der Waals surface area (Å²) in [4.78, 5) is 10.3. The van der Waals surface area contributed by atoms with Crippen molar-refractivity contribution in [1.82, 2.24) is 0 Å². The topological polar surface area (TPSA) is 251 Å². The molecule has 260 valence electrons. The Labute approximate surface area is 281 Å². The van der Waals surface area contributed by atoms with Crippen LogP contribution in [0.25, 0.3) is 10.8 Å². The highest BCUT2D eigenvalue weighted by Gasteiger charge is 2.23. The van der Waals surface area contributed by atoms with Crippen LogP contribution in [0.1, 0.15) is 20.8 Å². The van der Waals surface area contributed by atoms with E-state index in [9.17, 15) is 44.8 Å². The van der Waals surface area contributed by atoms with Gasteiger partial charge < -0.3 is 20.3 Å². The van der Waals surface area contributed by atoms with Crippen LogP contribution in [0.5, 0.6) is 17.2 Å². The number of azo groups is 2. The van der Waals surface area contributed by atoms with Crippen LogP contribution in [0, 0.1) is 0 Å². The Balaban J connectivity index is 1.84. The molecule has 0 aliphatic heterocycles. The number of Topliss-reactive ketones (excluding diaryl/α,β-unsaturated/α-hetero) is 1. The first-order chi connectivity index (χ1) is 22.9. The van der Waals surface area contributed by atoms with E-state index in [2.05, 4.69) is 25.8 Å². The average Bonchev–Trinajstić information content (AvgIpc) is 3.05. The predicted octanol–water partition coefficient (Wildman–Crippen LogP) is 5.93. The monoisotopic (exact) mass is 733 g/mol. The van der Waals surface area contributed by atoms with Crippen LogP contribution in [0.3, 0.4) is 0 Å². The van der Waals surface area contributed by atoms with Gasteiger partial charge in [0.25, 0.3) is 10.1 Å². The summed E-state index contributed by atoms with van der Waals surface area (Å²) in [7, 11) is -11.3. The van der Waals surface area contributed by atoms with Crippen LogP contribution in [-0.2, 0) is 34.6 Å². The first kappa shape index (κ1) is 36.8. The van der Waals surface area contributed by atoms with Crippen molar-refractivity contribution < 1.29 is 49.6 Å². The van der Waals surface area contributed by atoms with Gasteiger partial charge in [-0.25, -0.2) is 16.8 Å². The maximum Gasteiger partial charge on any atom is 0.296 e. The summed E-state index contributed by atoms with van der Waals surface area (Å²) in [5.74, 6) is -1.78. The number of carbonyl (C=O) groups excluding carboxylic acids is 1. The second-order valence-corrected chi connectivity index (χ2v) is 16.3. The van der Waals surface area contributed by atoms with E-state index in [1.165, 1.54) is 58.2 Å². The second-order valence-electron chi connectivity index (χ2n) is 10.3. The highest BCUT2D eigenvalue weighted by Crippen LogP contribution is 2.44. The molecule has 19 heteroatoms. The molecule has 0 fully saturated rings. The molecular weight excluding hydrogens is 703 g/mol. The predicted molar refractivity (Wildman–Crippen MR) is 180 cm³/mol. The number of aromatic hydroxyl groups is 2. The lowest BCUT2D eigenvalue weighted by Crippen LogP contribution is -2.09. The number of fused-ring (bicyclic) bond motifs is 1. The largest absolute Gasteiger partial charge is 0.506 e. The molecule has 0 heterocycles. The van der Waals surface area contributed by atoms with Gasteiger partial charge in [0, 0.05) is 22.9 Å². The Morgan fingerprint density at radius 3 is 1.98 bits per heavy atom. The number of nitrogens with zero attached hydrogens (tertiary/aromatic N) is 4. The van der Waals surface area contributed by atoms with Gasteiger partial charge >= 0.3 is 0 Å². The Morgan fingerprint density at radius 1 is 0.755 bits per heavy atom. The summed E-state index contributed by atoms with van der Waals surface area (Å²) in [6.07, 6.45) is 0. The second kappa shape index (κ2) is 14.2. The van der Waals surface area contributed by atoms with Crippen molar-refractivity contribution in [3.63, 3.8) is 0 Å². The quantitative estimate of drug-likeness (QED) is 0.0922. The molecule has 4 rings (SSSR count). The lowest BCUT2D eigenvalue weighted by molar-refractivity contribution is -0.115. The van der Waals surface area contributed by atoms with Crippen LogP contribution in [0.4, 0.5) is 28.4 Å². The molecule has 0 amide bonds. The van der Waals surface area contributed by atoms with Gasteiger partial charge in [-0.1, -0.05) is 13.8 Å². The van der Waals surface area contributed by atoms with Gasteiger partial charge in [-0.2, -0.15) is 8.42 Å². The molecule has 4 aromatic rings. The van der Waals surface area contributed by atoms with E-state index in [4.69, 9.17) is 4.74 Å². The first-order valence-corrected chi connectivity index (χ1v) is 19.0. The molecule has 0 aliphatic rings. The fourth-order valence-corrected chi connectivity index (χ4v) is 7.13. The zero-order valence-electron chi connectivity index (χ0n) is 26.4. The number of carbonyl (C=O) groups is 1. The van der Waals surface area contributed by atoms with Crippen LogP contribution in [0.15, 0.2) is 89.7 Å². The molecule has 4 N–H and O–H groups in total.